The van der Waals surface area contributed by atoms with Crippen molar-refractivity contribution in [3.05, 3.63) is 70.9 Å². The van der Waals surface area contributed by atoms with Crippen molar-refractivity contribution in [3.63, 3.8) is 0 Å². The zero-order valence-corrected chi connectivity index (χ0v) is 15.1. The van der Waals surface area contributed by atoms with E-state index in [2.05, 4.69) is 0 Å². The Hall–Kier alpha value is -3.73. The van der Waals surface area contributed by atoms with Crippen molar-refractivity contribution >= 4 is 32.7 Å². The molecule has 0 saturated heterocycles. The molecule has 0 saturated carbocycles. The molecule has 0 unspecified atom stereocenters. The lowest BCUT2D eigenvalue weighted by Crippen LogP contribution is -2.01. The van der Waals surface area contributed by atoms with Crippen LogP contribution in [0.2, 0.25) is 0 Å². The highest BCUT2D eigenvalue weighted by molar-refractivity contribution is 6.09. The topological polar surface area (TPSA) is 72.8 Å². The Balaban J connectivity index is 1.82. The first-order chi connectivity index (χ1) is 13.7. The van der Waals surface area contributed by atoms with Crippen molar-refractivity contribution < 1.29 is 18.7 Å². The molecular weight excluding hydrogens is 356 g/mol. The molecule has 0 spiro atoms. The number of fused-ring (bicyclic) bond motifs is 4. The number of hydrogen-bond donors (Lipinski definition) is 1. The first-order valence-electron chi connectivity index (χ1n) is 9.00. The lowest BCUT2D eigenvalue weighted by Gasteiger charge is -2.07. The Bertz CT molecular complexity index is 1410. The van der Waals surface area contributed by atoms with E-state index in [1.54, 1.807) is 30.3 Å². The highest BCUT2D eigenvalue weighted by Crippen LogP contribution is 2.39. The quantitative estimate of drug-likeness (QED) is 0.455. The molecule has 3 aromatic carbocycles. The summed E-state index contributed by atoms with van der Waals surface area (Å²) in [6, 6.07) is 18.3. The van der Waals surface area contributed by atoms with E-state index >= 15 is 0 Å². The summed E-state index contributed by atoms with van der Waals surface area (Å²) in [5.74, 6) is 0.555. The zero-order chi connectivity index (χ0) is 19.3. The van der Waals surface area contributed by atoms with E-state index in [4.69, 9.17) is 13.6 Å². The van der Waals surface area contributed by atoms with E-state index in [1.165, 1.54) is 0 Å². The third kappa shape index (κ3) is 2.36. The summed E-state index contributed by atoms with van der Waals surface area (Å²) in [5, 5.41) is 13.5. The number of benzene rings is 3. The van der Waals surface area contributed by atoms with Gasteiger partial charge in [0.1, 0.15) is 16.9 Å². The Morgan fingerprint density at radius 1 is 0.857 bits per heavy atom. The summed E-state index contributed by atoms with van der Waals surface area (Å²) in [4.78, 5) is 12.5. The maximum Gasteiger partial charge on any atom is 0.235 e. The monoisotopic (exact) mass is 372 g/mol. The molecule has 28 heavy (non-hydrogen) atoms. The van der Waals surface area contributed by atoms with E-state index in [0.29, 0.717) is 23.2 Å². The summed E-state index contributed by atoms with van der Waals surface area (Å²) < 4.78 is 17.5. The van der Waals surface area contributed by atoms with Gasteiger partial charge in [0.05, 0.1) is 12.0 Å². The lowest BCUT2D eigenvalue weighted by atomic mass is 10.1. The van der Waals surface area contributed by atoms with E-state index < -0.39 is 11.2 Å². The molecule has 0 amide bonds. The third-order valence-electron chi connectivity index (χ3n) is 4.80. The van der Waals surface area contributed by atoms with Crippen LogP contribution in [0.3, 0.4) is 0 Å². The highest BCUT2D eigenvalue weighted by atomic mass is 16.5. The van der Waals surface area contributed by atoms with Crippen molar-refractivity contribution in [2.24, 2.45) is 0 Å². The number of ether oxygens (including phenoxy) is 1. The second-order valence-corrected chi connectivity index (χ2v) is 6.48. The van der Waals surface area contributed by atoms with Crippen LogP contribution in [-0.2, 0) is 0 Å². The minimum Gasteiger partial charge on any atom is -0.501 e. The molecule has 5 nitrogen and oxygen atoms in total. The van der Waals surface area contributed by atoms with Gasteiger partial charge in [-0.25, -0.2) is 0 Å². The number of rotatable bonds is 3. The number of para-hydroxylation sites is 1. The van der Waals surface area contributed by atoms with Crippen LogP contribution in [0.25, 0.3) is 44.2 Å². The van der Waals surface area contributed by atoms with E-state index in [0.717, 1.165) is 21.9 Å². The van der Waals surface area contributed by atoms with Crippen LogP contribution < -0.4 is 10.2 Å². The molecule has 5 heteroatoms. The second-order valence-electron chi connectivity index (χ2n) is 6.48. The third-order valence-corrected chi connectivity index (χ3v) is 4.80. The first kappa shape index (κ1) is 16.4. The molecule has 1 N–H and O–H groups in total. The average Bonchev–Trinajstić information content (AvgIpc) is 3.15. The summed E-state index contributed by atoms with van der Waals surface area (Å²) in [6.07, 6.45) is 0. The van der Waals surface area contributed by atoms with Gasteiger partial charge in [-0.05, 0) is 30.5 Å². The van der Waals surface area contributed by atoms with Crippen LogP contribution in [0.1, 0.15) is 6.92 Å². The number of hydrogen-bond acceptors (Lipinski definition) is 5. The molecule has 0 bridgehead atoms. The molecule has 5 rings (SSSR count). The fourth-order valence-electron chi connectivity index (χ4n) is 3.54. The maximum absolute atomic E-state index is 12.5. The predicted octanol–water partition coefficient (Wildman–Crippen LogP) is 5.46. The maximum atomic E-state index is 12.5. The van der Waals surface area contributed by atoms with Crippen LogP contribution in [0.5, 0.6) is 11.5 Å². The Morgan fingerprint density at radius 2 is 1.57 bits per heavy atom. The summed E-state index contributed by atoms with van der Waals surface area (Å²) >= 11 is 0. The van der Waals surface area contributed by atoms with Gasteiger partial charge in [0, 0.05) is 16.8 Å². The molecule has 0 aliphatic heterocycles. The second kappa shape index (κ2) is 6.16. The van der Waals surface area contributed by atoms with Crippen LogP contribution in [0.4, 0.5) is 0 Å². The molecule has 138 valence electrons. The van der Waals surface area contributed by atoms with Crippen molar-refractivity contribution in [3.8, 4) is 23.0 Å². The van der Waals surface area contributed by atoms with Crippen molar-refractivity contribution in [2.75, 3.05) is 6.61 Å². The number of furan rings is 1. The van der Waals surface area contributed by atoms with Gasteiger partial charge in [0.25, 0.3) is 0 Å². The van der Waals surface area contributed by atoms with Gasteiger partial charge < -0.3 is 18.7 Å². The van der Waals surface area contributed by atoms with Gasteiger partial charge in [-0.15, -0.1) is 0 Å². The molecule has 2 aromatic heterocycles. The van der Waals surface area contributed by atoms with Gasteiger partial charge in [-0.2, -0.15) is 0 Å². The van der Waals surface area contributed by atoms with Crippen LogP contribution in [-0.4, -0.2) is 11.7 Å². The predicted molar refractivity (Wildman–Crippen MR) is 108 cm³/mol. The standard InChI is InChI=1S/C23H16O5/c1-2-26-18-12-19-16(13-7-3-4-8-14(13)18)11-20(27-19)23-22(25)21(24)15-9-5-6-10-17(15)28-23/h3-12,25H,2H2,1H3. The largest absolute Gasteiger partial charge is 0.501 e. The molecular formula is C23H16O5. The number of aromatic hydroxyl groups is 1. The first-order valence-corrected chi connectivity index (χ1v) is 9.00. The Kier molecular flexibility index (Phi) is 3.62. The molecule has 0 aliphatic rings. The van der Waals surface area contributed by atoms with Gasteiger partial charge in [0.2, 0.25) is 16.9 Å². The fourth-order valence-corrected chi connectivity index (χ4v) is 3.54. The molecule has 0 fully saturated rings. The van der Waals surface area contributed by atoms with Crippen molar-refractivity contribution in [1.29, 1.82) is 0 Å². The smallest absolute Gasteiger partial charge is 0.235 e. The van der Waals surface area contributed by atoms with Crippen LogP contribution in [0, 0.1) is 0 Å². The van der Waals surface area contributed by atoms with Gasteiger partial charge in [0.15, 0.2) is 5.76 Å². The summed E-state index contributed by atoms with van der Waals surface area (Å²) in [5.41, 5.74) is 0.491. The van der Waals surface area contributed by atoms with Crippen molar-refractivity contribution in [1.82, 2.24) is 0 Å². The molecule has 0 radical (unpaired) electrons. The molecule has 5 aromatic rings. The van der Waals surface area contributed by atoms with Crippen LogP contribution >= 0.6 is 0 Å². The Labute approximate surface area is 159 Å². The van der Waals surface area contributed by atoms with E-state index in [-0.39, 0.29) is 11.5 Å². The molecule has 0 atom stereocenters. The minimum atomic E-state index is -0.489. The zero-order valence-electron chi connectivity index (χ0n) is 15.1. The van der Waals surface area contributed by atoms with Gasteiger partial charge >= 0.3 is 0 Å². The van der Waals surface area contributed by atoms with Crippen molar-refractivity contribution in [2.45, 2.75) is 6.92 Å². The average molecular weight is 372 g/mol. The van der Waals surface area contributed by atoms with Crippen LogP contribution in [0.15, 0.2) is 74.3 Å². The SMILES string of the molecule is CCOc1cc2oc(-c3oc4ccccc4c(=O)c3O)cc2c2ccccc12. The van der Waals surface area contributed by atoms with Gasteiger partial charge in [-0.3, -0.25) is 4.79 Å². The normalized spacial score (nSPS) is 11.5. The fraction of sp³-hybridized carbons (Fsp3) is 0.0870. The Morgan fingerprint density at radius 3 is 2.36 bits per heavy atom. The van der Waals surface area contributed by atoms with Gasteiger partial charge in [-0.1, -0.05) is 36.4 Å². The molecule has 2 heterocycles. The summed E-state index contributed by atoms with van der Waals surface area (Å²) in [7, 11) is 0. The lowest BCUT2D eigenvalue weighted by molar-refractivity contribution is 0.344. The minimum absolute atomic E-state index is 0.0157. The summed E-state index contributed by atoms with van der Waals surface area (Å²) in [6.45, 7) is 2.46. The van der Waals surface area contributed by atoms with E-state index in [1.807, 2.05) is 37.3 Å². The highest BCUT2D eigenvalue weighted by Gasteiger charge is 2.20. The molecule has 0 aliphatic carbocycles. The van der Waals surface area contributed by atoms with E-state index in [9.17, 15) is 9.90 Å².